The molecule has 0 radical (unpaired) electrons. The van der Waals surface area contributed by atoms with E-state index in [1.165, 1.54) is 22.5 Å². The Morgan fingerprint density at radius 3 is 2.68 bits per heavy atom. The summed E-state index contributed by atoms with van der Waals surface area (Å²) in [6.07, 6.45) is 2.12. The number of fused-ring (bicyclic) bond motifs is 2. The van der Waals surface area contributed by atoms with Gasteiger partial charge in [0.05, 0.1) is 12.2 Å². The third-order valence-electron chi connectivity index (χ3n) is 8.44. The number of carbonyl (C=O) groups excluding carboxylic acids is 1. The van der Waals surface area contributed by atoms with Crippen LogP contribution in [0.1, 0.15) is 25.1 Å². The summed E-state index contributed by atoms with van der Waals surface area (Å²) >= 11 is 0. The van der Waals surface area contributed by atoms with Crippen LogP contribution in [0.25, 0.3) is 15.6 Å². The third-order valence-corrected chi connectivity index (χ3v) is 8.44. The molecule has 1 fully saturated rings. The van der Waals surface area contributed by atoms with Crippen molar-refractivity contribution in [3.8, 4) is 6.01 Å². The topological polar surface area (TPSA) is 69.4 Å². The Bertz CT molecular complexity index is 1470. The van der Waals surface area contributed by atoms with E-state index in [0.717, 1.165) is 30.0 Å². The molecule has 1 saturated heterocycles. The van der Waals surface area contributed by atoms with Crippen LogP contribution in [0.4, 0.5) is 11.5 Å². The Morgan fingerprint density at radius 2 is 1.93 bits per heavy atom. The Balaban J connectivity index is 1.50. The predicted octanol–water partition coefficient (Wildman–Crippen LogP) is 4.03. The summed E-state index contributed by atoms with van der Waals surface area (Å²) in [7, 11) is 4.07. The van der Waals surface area contributed by atoms with Gasteiger partial charge in [-0.3, -0.25) is 4.79 Å². The van der Waals surface area contributed by atoms with E-state index >= 15 is 0 Å². The lowest BCUT2D eigenvalue weighted by atomic mass is 10.0. The molecule has 9 heteroatoms. The van der Waals surface area contributed by atoms with Crippen LogP contribution >= 0.6 is 0 Å². The molecule has 0 spiro atoms. The molecule has 1 amide bonds. The van der Waals surface area contributed by atoms with Crippen LogP contribution in [0.2, 0.25) is 0 Å². The number of likely N-dealkylation sites (N-methyl/N-ethyl adjacent to an activating group) is 1. The van der Waals surface area contributed by atoms with Crippen LogP contribution in [-0.2, 0) is 17.8 Å². The van der Waals surface area contributed by atoms with Gasteiger partial charge < -0.3 is 29.2 Å². The van der Waals surface area contributed by atoms with Gasteiger partial charge in [-0.05, 0) is 51.9 Å². The van der Waals surface area contributed by atoms with E-state index in [-0.39, 0.29) is 24.0 Å². The van der Waals surface area contributed by atoms with Gasteiger partial charge in [-0.2, -0.15) is 9.97 Å². The standard InChI is InChI=1S/C32H39N7O2/c1-7-29(40)39-18-17-38(20-24(39)19-33-4)30-26-15-16-37(28-14-10-12-23-11-8-9-13-25(23)28)21-27(26)34-31(35-30)41-22-32(2,3)36(5)6/h7-14,24H,1,15-22H2,2-3,5-6H3. The van der Waals surface area contributed by atoms with Gasteiger partial charge in [-0.15, -0.1) is 0 Å². The summed E-state index contributed by atoms with van der Waals surface area (Å²) in [5.41, 5.74) is 3.06. The van der Waals surface area contributed by atoms with E-state index in [9.17, 15) is 4.79 Å². The number of amides is 1. The molecule has 5 rings (SSSR count). The van der Waals surface area contributed by atoms with E-state index in [2.05, 4.69) is 82.4 Å². The van der Waals surface area contributed by atoms with Crippen LogP contribution in [0, 0.1) is 6.57 Å². The molecule has 2 aromatic carbocycles. The highest BCUT2D eigenvalue weighted by atomic mass is 16.5. The molecule has 0 N–H and O–H groups in total. The lowest BCUT2D eigenvalue weighted by molar-refractivity contribution is -0.128. The number of hydrogen-bond donors (Lipinski definition) is 0. The van der Waals surface area contributed by atoms with Crippen molar-refractivity contribution in [2.75, 3.05) is 63.2 Å². The number of hydrogen-bond acceptors (Lipinski definition) is 7. The molecule has 2 aliphatic rings. The number of ether oxygens (including phenoxy) is 1. The zero-order valence-electron chi connectivity index (χ0n) is 24.5. The molecule has 0 aliphatic carbocycles. The van der Waals surface area contributed by atoms with Crippen molar-refractivity contribution < 1.29 is 9.53 Å². The Morgan fingerprint density at radius 1 is 1.15 bits per heavy atom. The normalized spacial score (nSPS) is 17.4. The molecular weight excluding hydrogens is 514 g/mol. The number of piperazine rings is 1. The number of aromatic nitrogens is 2. The minimum atomic E-state index is -0.231. The van der Waals surface area contributed by atoms with Crippen molar-refractivity contribution in [3.63, 3.8) is 0 Å². The van der Waals surface area contributed by atoms with Crippen LogP contribution in [0.15, 0.2) is 55.1 Å². The van der Waals surface area contributed by atoms with Crippen LogP contribution in [0.3, 0.4) is 0 Å². The summed E-state index contributed by atoms with van der Waals surface area (Å²) < 4.78 is 6.26. The number of benzene rings is 2. The van der Waals surface area contributed by atoms with Crippen LogP contribution in [-0.4, -0.2) is 90.7 Å². The zero-order chi connectivity index (χ0) is 29.1. The highest BCUT2D eigenvalue weighted by Crippen LogP contribution is 2.35. The van der Waals surface area contributed by atoms with Gasteiger partial charge in [0.1, 0.15) is 18.5 Å². The lowest BCUT2D eigenvalue weighted by Gasteiger charge is -2.41. The number of carbonyl (C=O) groups is 1. The van der Waals surface area contributed by atoms with Crippen molar-refractivity contribution in [1.82, 2.24) is 19.8 Å². The minimum Gasteiger partial charge on any atom is -0.461 e. The molecular formula is C32H39N7O2. The van der Waals surface area contributed by atoms with Gasteiger partial charge in [0.25, 0.3) is 0 Å². The van der Waals surface area contributed by atoms with E-state index < -0.39 is 0 Å². The number of rotatable bonds is 8. The van der Waals surface area contributed by atoms with Crippen LogP contribution in [0.5, 0.6) is 6.01 Å². The average Bonchev–Trinajstić information content (AvgIpc) is 2.98. The Labute approximate surface area is 242 Å². The molecule has 0 saturated carbocycles. The molecule has 1 aromatic heterocycles. The van der Waals surface area contributed by atoms with Crippen molar-refractivity contribution in [3.05, 3.63) is 77.8 Å². The maximum Gasteiger partial charge on any atom is 0.318 e. The molecule has 1 unspecified atom stereocenters. The summed E-state index contributed by atoms with van der Waals surface area (Å²) in [5, 5.41) is 2.44. The van der Waals surface area contributed by atoms with Gasteiger partial charge in [0, 0.05) is 48.4 Å². The largest absolute Gasteiger partial charge is 0.461 e. The number of nitrogens with zero attached hydrogens (tertiary/aromatic N) is 7. The quantitative estimate of drug-likeness (QED) is 0.308. The minimum absolute atomic E-state index is 0.135. The second-order valence-electron chi connectivity index (χ2n) is 11.6. The summed E-state index contributed by atoms with van der Waals surface area (Å²) in [4.78, 5) is 34.5. The van der Waals surface area contributed by atoms with Crippen molar-refractivity contribution in [2.24, 2.45) is 0 Å². The molecule has 41 heavy (non-hydrogen) atoms. The van der Waals surface area contributed by atoms with Gasteiger partial charge in [0.2, 0.25) is 12.5 Å². The maximum absolute atomic E-state index is 12.5. The first-order chi connectivity index (χ1) is 19.7. The fourth-order valence-electron chi connectivity index (χ4n) is 5.49. The fourth-order valence-corrected chi connectivity index (χ4v) is 5.49. The van der Waals surface area contributed by atoms with Crippen LogP contribution < -0.4 is 14.5 Å². The Hall–Kier alpha value is -4.16. The molecule has 3 heterocycles. The summed E-state index contributed by atoms with van der Waals surface area (Å²) in [6.45, 7) is 19.2. The predicted molar refractivity (Wildman–Crippen MR) is 163 cm³/mol. The third kappa shape index (κ3) is 5.84. The van der Waals surface area contributed by atoms with Crippen molar-refractivity contribution in [1.29, 1.82) is 0 Å². The van der Waals surface area contributed by atoms with Crippen molar-refractivity contribution in [2.45, 2.75) is 38.4 Å². The molecule has 2 aliphatic heterocycles. The highest BCUT2D eigenvalue weighted by Gasteiger charge is 2.35. The van der Waals surface area contributed by atoms with Gasteiger partial charge in [-0.25, -0.2) is 6.57 Å². The second kappa shape index (κ2) is 11.8. The van der Waals surface area contributed by atoms with Crippen molar-refractivity contribution >= 4 is 28.2 Å². The first kappa shape index (κ1) is 28.4. The smallest absolute Gasteiger partial charge is 0.318 e. The average molecular weight is 554 g/mol. The van der Waals surface area contributed by atoms with E-state index in [1.807, 2.05) is 14.1 Å². The molecule has 214 valence electrons. The van der Waals surface area contributed by atoms with E-state index in [1.54, 1.807) is 4.90 Å². The second-order valence-corrected chi connectivity index (χ2v) is 11.6. The molecule has 1 atom stereocenters. The van der Waals surface area contributed by atoms with Gasteiger partial charge in [0.15, 0.2) is 0 Å². The lowest BCUT2D eigenvalue weighted by Crippen LogP contribution is -2.56. The molecule has 3 aromatic rings. The fraction of sp³-hybridized carbons (Fsp3) is 0.438. The first-order valence-corrected chi connectivity index (χ1v) is 14.2. The summed E-state index contributed by atoms with van der Waals surface area (Å²) in [6, 6.07) is 15.0. The van der Waals surface area contributed by atoms with Gasteiger partial charge in [-0.1, -0.05) is 43.0 Å². The van der Waals surface area contributed by atoms with E-state index in [0.29, 0.717) is 38.8 Å². The first-order valence-electron chi connectivity index (χ1n) is 14.2. The molecule has 0 bridgehead atoms. The van der Waals surface area contributed by atoms with E-state index in [4.69, 9.17) is 21.3 Å². The zero-order valence-corrected chi connectivity index (χ0v) is 24.5. The van der Waals surface area contributed by atoms with Gasteiger partial charge >= 0.3 is 6.01 Å². The number of anilines is 2. The Kier molecular flexibility index (Phi) is 8.13. The summed E-state index contributed by atoms with van der Waals surface area (Å²) in [5.74, 6) is 0.717. The highest BCUT2D eigenvalue weighted by molar-refractivity contribution is 5.94. The maximum atomic E-state index is 12.5. The monoisotopic (exact) mass is 553 g/mol. The molecule has 9 nitrogen and oxygen atoms in total. The SMILES string of the molecule is [C-]#[N+]CC1CN(c2nc(OCC(C)(C)N(C)C)nc3c2CCN(c2cccc4ccccc24)C3)CCN1C(=O)C=C.